The Morgan fingerprint density at radius 1 is 1.53 bits per heavy atom. The molecule has 3 nitrogen and oxygen atoms in total. The molecule has 0 aromatic heterocycles. The fraction of sp³-hybridized carbons (Fsp3) is 0.200. The van der Waals surface area contributed by atoms with Gasteiger partial charge < -0.3 is 4.90 Å². The Labute approximate surface area is 95.7 Å². The molecule has 0 radical (unpaired) electrons. The molecule has 1 rings (SSSR count). The van der Waals surface area contributed by atoms with E-state index >= 15 is 0 Å². The number of amides is 1. The van der Waals surface area contributed by atoms with Gasteiger partial charge in [-0.25, -0.2) is 4.39 Å². The number of hydrogen-bond donors (Lipinski definition) is 0. The van der Waals surface area contributed by atoms with Gasteiger partial charge in [0, 0.05) is 19.7 Å². The lowest BCUT2D eigenvalue weighted by molar-refractivity contribution is 0.100. The molecule has 0 fully saturated rings. The Morgan fingerprint density at radius 2 is 2.20 bits per heavy atom. The van der Waals surface area contributed by atoms with Crippen LogP contribution in [0.25, 0.3) is 0 Å². The van der Waals surface area contributed by atoms with Gasteiger partial charge in [0.2, 0.25) is 0 Å². The maximum absolute atomic E-state index is 13.1. The Bertz CT molecular complexity index is 404. The highest BCUT2D eigenvalue weighted by atomic mass is 79.9. The molecule has 0 saturated heterocycles. The second-order valence-electron chi connectivity index (χ2n) is 3.14. The van der Waals surface area contributed by atoms with Crippen molar-refractivity contribution in [3.05, 3.63) is 34.1 Å². The smallest absolute Gasteiger partial charge is 0.278 e. The predicted molar refractivity (Wildman–Crippen MR) is 60.6 cm³/mol. The molecule has 1 aromatic carbocycles. The Balaban J connectivity index is 2.88. The first-order valence-corrected chi connectivity index (χ1v) is 5.00. The zero-order valence-corrected chi connectivity index (χ0v) is 9.95. The summed E-state index contributed by atoms with van der Waals surface area (Å²) >= 11 is 3.01. The molecule has 0 bridgehead atoms. The molecule has 0 spiro atoms. The van der Waals surface area contributed by atoms with Crippen molar-refractivity contribution >= 4 is 28.2 Å². The van der Waals surface area contributed by atoms with Crippen LogP contribution in [-0.4, -0.2) is 31.2 Å². The quantitative estimate of drug-likeness (QED) is 0.612. The van der Waals surface area contributed by atoms with Gasteiger partial charge in [-0.2, -0.15) is 4.99 Å². The van der Waals surface area contributed by atoms with Gasteiger partial charge in [-0.15, -0.1) is 0 Å². The van der Waals surface area contributed by atoms with Crippen LogP contribution in [-0.2, 0) is 0 Å². The highest BCUT2D eigenvalue weighted by Gasteiger charge is 2.06. The minimum Gasteiger partial charge on any atom is -0.369 e. The molecule has 0 atom stereocenters. The Morgan fingerprint density at radius 3 is 2.73 bits per heavy atom. The molecule has 0 aliphatic heterocycles. The summed E-state index contributed by atoms with van der Waals surface area (Å²) in [5.41, 5.74) is 0.230. The van der Waals surface area contributed by atoms with E-state index in [1.807, 2.05) is 0 Å². The van der Waals surface area contributed by atoms with Crippen molar-refractivity contribution in [3.8, 4) is 0 Å². The van der Waals surface area contributed by atoms with Crippen molar-refractivity contribution in [1.29, 1.82) is 0 Å². The summed E-state index contributed by atoms with van der Waals surface area (Å²) in [6.07, 6.45) is 1.38. The number of carbonyl (C=O) groups is 1. The minimum atomic E-state index is -0.471. The zero-order chi connectivity index (χ0) is 11.4. The highest BCUT2D eigenvalue weighted by molar-refractivity contribution is 9.10. The van der Waals surface area contributed by atoms with Crippen molar-refractivity contribution in [3.63, 3.8) is 0 Å². The molecule has 0 aliphatic carbocycles. The monoisotopic (exact) mass is 272 g/mol. The van der Waals surface area contributed by atoms with E-state index in [0.29, 0.717) is 4.47 Å². The third-order valence-electron chi connectivity index (χ3n) is 1.57. The summed E-state index contributed by atoms with van der Waals surface area (Å²) in [4.78, 5) is 16.7. The fourth-order valence-corrected chi connectivity index (χ4v) is 1.12. The Kier molecular flexibility index (Phi) is 3.96. The minimum absolute atomic E-state index is 0.230. The van der Waals surface area contributed by atoms with E-state index < -0.39 is 11.7 Å². The van der Waals surface area contributed by atoms with Gasteiger partial charge in [0.25, 0.3) is 5.91 Å². The summed E-state index contributed by atoms with van der Waals surface area (Å²) < 4.78 is 13.4. The third-order valence-corrected chi connectivity index (χ3v) is 2.22. The van der Waals surface area contributed by atoms with E-state index in [-0.39, 0.29) is 5.56 Å². The SMILES string of the molecule is CN(C)C=NC(=O)c1ccc(Br)c(F)c1. The summed E-state index contributed by atoms with van der Waals surface area (Å²) in [6, 6.07) is 4.15. The molecule has 1 amide bonds. The van der Waals surface area contributed by atoms with Crippen molar-refractivity contribution in [1.82, 2.24) is 4.90 Å². The van der Waals surface area contributed by atoms with E-state index in [9.17, 15) is 9.18 Å². The van der Waals surface area contributed by atoms with Crippen LogP contribution >= 0.6 is 15.9 Å². The molecule has 0 heterocycles. The molecule has 0 aliphatic rings. The molecule has 15 heavy (non-hydrogen) atoms. The first-order valence-electron chi connectivity index (χ1n) is 4.20. The standard InChI is InChI=1S/C10H10BrFN2O/c1-14(2)6-13-10(15)7-3-4-8(11)9(12)5-7/h3-6H,1-2H3. The van der Waals surface area contributed by atoms with Gasteiger partial charge in [-0.3, -0.25) is 4.79 Å². The normalized spacial score (nSPS) is 10.7. The van der Waals surface area contributed by atoms with Crippen molar-refractivity contribution in [2.75, 3.05) is 14.1 Å². The van der Waals surface area contributed by atoms with Gasteiger partial charge in [-0.1, -0.05) is 0 Å². The van der Waals surface area contributed by atoms with Crippen LogP contribution in [0.15, 0.2) is 27.7 Å². The van der Waals surface area contributed by atoms with E-state index in [4.69, 9.17) is 0 Å². The van der Waals surface area contributed by atoms with Crippen LogP contribution in [0.3, 0.4) is 0 Å². The topological polar surface area (TPSA) is 32.7 Å². The van der Waals surface area contributed by atoms with Crippen molar-refractivity contribution in [2.24, 2.45) is 4.99 Å². The van der Waals surface area contributed by atoms with E-state index in [0.717, 1.165) is 6.07 Å². The maximum atomic E-state index is 13.1. The van der Waals surface area contributed by atoms with Gasteiger partial charge in [0.1, 0.15) is 5.82 Å². The molecular weight excluding hydrogens is 263 g/mol. The summed E-state index contributed by atoms with van der Waals surface area (Å²) in [6.45, 7) is 0. The van der Waals surface area contributed by atoms with E-state index in [1.165, 1.54) is 18.5 Å². The first-order chi connectivity index (χ1) is 7.00. The van der Waals surface area contributed by atoms with Gasteiger partial charge in [0.05, 0.1) is 10.8 Å². The van der Waals surface area contributed by atoms with Crippen LogP contribution in [0.4, 0.5) is 4.39 Å². The number of rotatable bonds is 2. The van der Waals surface area contributed by atoms with E-state index in [2.05, 4.69) is 20.9 Å². The number of benzene rings is 1. The fourth-order valence-electron chi connectivity index (χ4n) is 0.872. The average molecular weight is 273 g/mol. The molecule has 0 N–H and O–H groups in total. The van der Waals surface area contributed by atoms with Crippen molar-refractivity contribution < 1.29 is 9.18 Å². The number of nitrogens with zero attached hydrogens (tertiary/aromatic N) is 2. The Hall–Kier alpha value is -1.23. The predicted octanol–water partition coefficient (Wildman–Crippen LogP) is 2.32. The van der Waals surface area contributed by atoms with Crippen LogP contribution in [0.1, 0.15) is 10.4 Å². The maximum Gasteiger partial charge on any atom is 0.278 e. The van der Waals surface area contributed by atoms with Gasteiger partial charge in [-0.05, 0) is 34.1 Å². The summed E-state index contributed by atoms with van der Waals surface area (Å²) in [5.74, 6) is -0.934. The lowest BCUT2D eigenvalue weighted by atomic mass is 10.2. The van der Waals surface area contributed by atoms with Crippen molar-refractivity contribution in [2.45, 2.75) is 0 Å². The van der Waals surface area contributed by atoms with Crippen LogP contribution in [0.2, 0.25) is 0 Å². The van der Waals surface area contributed by atoms with Gasteiger partial charge in [0.15, 0.2) is 0 Å². The van der Waals surface area contributed by atoms with Crippen LogP contribution in [0, 0.1) is 5.82 Å². The number of halogens is 2. The highest BCUT2D eigenvalue weighted by Crippen LogP contribution is 2.16. The average Bonchev–Trinajstić information content (AvgIpc) is 2.18. The first kappa shape index (κ1) is 11.8. The summed E-state index contributed by atoms with van der Waals surface area (Å²) in [5, 5.41) is 0. The molecule has 1 aromatic rings. The second-order valence-corrected chi connectivity index (χ2v) is 4.00. The zero-order valence-electron chi connectivity index (χ0n) is 8.37. The lowest BCUT2D eigenvalue weighted by Crippen LogP contribution is -2.09. The number of hydrogen-bond acceptors (Lipinski definition) is 1. The van der Waals surface area contributed by atoms with Crippen LogP contribution < -0.4 is 0 Å². The second kappa shape index (κ2) is 5.02. The largest absolute Gasteiger partial charge is 0.369 e. The molecular formula is C10H10BrFN2O. The molecule has 0 saturated carbocycles. The third kappa shape index (κ3) is 3.43. The van der Waals surface area contributed by atoms with Gasteiger partial charge >= 0.3 is 0 Å². The lowest BCUT2D eigenvalue weighted by Gasteiger charge is -2.02. The molecule has 0 unspecified atom stereocenters. The molecule has 80 valence electrons. The number of carbonyl (C=O) groups excluding carboxylic acids is 1. The van der Waals surface area contributed by atoms with E-state index in [1.54, 1.807) is 19.0 Å². The van der Waals surface area contributed by atoms with Crippen LogP contribution in [0.5, 0.6) is 0 Å². The molecule has 5 heteroatoms. The number of aliphatic imine (C=N–C) groups is 1. The summed E-state index contributed by atoms with van der Waals surface area (Å²) in [7, 11) is 3.50.